The number of rotatable bonds is 5. The molecule has 0 atom stereocenters. The van der Waals surface area contributed by atoms with Crippen molar-refractivity contribution >= 4 is 0 Å². The summed E-state index contributed by atoms with van der Waals surface area (Å²) in [5.41, 5.74) is 5.93. The zero-order chi connectivity index (χ0) is 12.8. The molecule has 0 saturated heterocycles. The topological polar surface area (TPSA) is 12.0 Å². The van der Waals surface area contributed by atoms with E-state index in [9.17, 15) is 0 Å². The SMILES string of the molecule is Cc1cccc(C)c1CNCCC1=CCCCC1. The molecule has 0 bridgehead atoms. The van der Waals surface area contributed by atoms with Gasteiger partial charge < -0.3 is 5.32 Å². The molecule has 0 fully saturated rings. The van der Waals surface area contributed by atoms with E-state index in [1.807, 2.05) is 0 Å². The number of nitrogens with one attached hydrogen (secondary N) is 1. The standard InChI is InChI=1S/C17H25N/c1-14-7-6-8-15(2)17(14)13-18-12-11-16-9-4-3-5-10-16/h6-9,18H,3-5,10-13H2,1-2H3. The van der Waals surface area contributed by atoms with Crippen LogP contribution in [0.2, 0.25) is 0 Å². The van der Waals surface area contributed by atoms with Gasteiger partial charge in [0.05, 0.1) is 0 Å². The minimum atomic E-state index is 1.01. The van der Waals surface area contributed by atoms with Crippen LogP contribution in [0.5, 0.6) is 0 Å². The van der Waals surface area contributed by atoms with Crippen LogP contribution in [0.15, 0.2) is 29.8 Å². The van der Waals surface area contributed by atoms with Gasteiger partial charge in [-0.15, -0.1) is 0 Å². The van der Waals surface area contributed by atoms with Crippen molar-refractivity contribution < 1.29 is 0 Å². The summed E-state index contributed by atoms with van der Waals surface area (Å²) >= 11 is 0. The maximum atomic E-state index is 3.59. The van der Waals surface area contributed by atoms with E-state index in [0.717, 1.165) is 13.1 Å². The third kappa shape index (κ3) is 3.71. The lowest BCUT2D eigenvalue weighted by atomic mass is 9.97. The number of hydrogen-bond donors (Lipinski definition) is 1. The lowest BCUT2D eigenvalue weighted by Crippen LogP contribution is -2.17. The van der Waals surface area contributed by atoms with E-state index in [-0.39, 0.29) is 0 Å². The lowest BCUT2D eigenvalue weighted by Gasteiger charge is -2.14. The van der Waals surface area contributed by atoms with Crippen molar-refractivity contribution in [2.75, 3.05) is 6.54 Å². The van der Waals surface area contributed by atoms with Crippen LogP contribution in [0.1, 0.15) is 48.8 Å². The Kier molecular flexibility index (Phi) is 5.00. The van der Waals surface area contributed by atoms with Crippen molar-refractivity contribution in [2.45, 2.75) is 52.5 Å². The van der Waals surface area contributed by atoms with Gasteiger partial charge in [0, 0.05) is 6.54 Å². The van der Waals surface area contributed by atoms with Crippen LogP contribution in [0.4, 0.5) is 0 Å². The fraction of sp³-hybridized carbons (Fsp3) is 0.529. The van der Waals surface area contributed by atoms with Crippen molar-refractivity contribution in [3.05, 3.63) is 46.5 Å². The molecule has 0 spiro atoms. The Morgan fingerprint density at radius 3 is 2.56 bits per heavy atom. The number of aryl methyl sites for hydroxylation is 2. The molecule has 1 N–H and O–H groups in total. The zero-order valence-electron chi connectivity index (χ0n) is 11.8. The number of allylic oxidation sites excluding steroid dienone is 1. The second-order valence-corrected chi connectivity index (χ2v) is 5.41. The first-order valence-electron chi connectivity index (χ1n) is 7.21. The summed E-state index contributed by atoms with van der Waals surface area (Å²) < 4.78 is 0. The van der Waals surface area contributed by atoms with E-state index in [2.05, 4.69) is 43.4 Å². The highest BCUT2D eigenvalue weighted by Crippen LogP contribution is 2.19. The molecular formula is C17H25N. The number of hydrogen-bond acceptors (Lipinski definition) is 1. The van der Waals surface area contributed by atoms with Gasteiger partial charge >= 0.3 is 0 Å². The smallest absolute Gasteiger partial charge is 0.0210 e. The van der Waals surface area contributed by atoms with Crippen LogP contribution in [-0.4, -0.2) is 6.54 Å². The van der Waals surface area contributed by atoms with Crippen molar-refractivity contribution in [2.24, 2.45) is 0 Å². The minimum Gasteiger partial charge on any atom is -0.312 e. The fourth-order valence-corrected chi connectivity index (χ4v) is 2.72. The summed E-state index contributed by atoms with van der Waals surface area (Å²) in [6, 6.07) is 6.54. The van der Waals surface area contributed by atoms with Gasteiger partial charge in [0.25, 0.3) is 0 Å². The predicted molar refractivity (Wildman–Crippen MR) is 78.8 cm³/mol. The van der Waals surface area contributed by atoms with Gasteiger partial charge in [-0.1, -0.05) is 29.8 Å². The van der Waals surface area contributed by atoms with Crippen LogP contribution in [0.3, 0.4) is 0 Å². The van der Waals surface area contributed by atoms with Gasteiger partial charge in [-0.25, -0.2) is 0 Å². The first kappa shape index (κ1) is 13.4. The molecule has 1 heteroatoms. The minimum absolute atomic E-state index is 1.01. The van der Waals surface area contributed by atoms with Gasteiger partial charge in [0.1, 0.15) is 0 Å². The maximum Gasteiger partial charge on any atom is 0.0210 e. The zero-order valence-corrected chi connectivity index (χ0v) is 11.8. The monoisotopic (exact) mass is 243 g/mol. The summed E-state index contributed by atoms with van der Waals surface area (Å²) in [6.45, 7) is 6.52. The summed E-state index contributed by atoms with van der Waals surface area (Å²) in [6.07, 6.45) is 9.08. The second kappa shape index (κ2) is 6.75. The number of benzene rings is 1. The molecule has 0 heterocycles. The van der Waals surface area contributed by atoms with Gasteiger partial charge in [-0.05, 0) is 69.2 Å². The normalized spacial score (nSPS) is 15.6. The Morgan fingerprint density at radius 2 is 1.89 bits per heavy atom. The van der Waals surface area contributed by atoms with Crippen molar-refractivity contribution in [1.82, 2.24) is 5.32 Å². The van der Waals surface area contributed by atoms with Crippen LogP contribution in [0.25, 0.3) is 0 Å². The molecule has 1 aliphatic carbocycles. The molecule has 0 radical (unpaired) electrons. The van der Waals surface area contributed by atoms with E-state index in [1.165, 1.54) is 48.8 Å². The van der Waals surface area contributed by atoms with Crippen molar-refractivity contribution in [1.29, 1.82) is 0 Å². The predicted octanol–water partition coefficient (Wildman–Crippen LogP) is 4.28. The van der Waals surface area contributed by atoms with E-state index in [0.29, 0.717) is 0 Å². The Labute approximate surface area is 111 Å². The average Bonchev–Trinajstić information content (AvgIpc) is 2.38. The van der Waals surface area contributed by atoms with Crippen molar-refractivity contribution in [3.8, 4) is 0 Å². The van der Waals surface area contributed by atoms with Crippen LogP contribution in [-0.2, 0) is 6.54 Å². The molecular weight excluding hydrogens is 218 g/mol. The van der Waals surface area contributed by atoms with Crippen LogP contribution < -0.4 is 5.32 Å². The Morgan fingerprint density at radius 1 is 1.11 bits per heavy atom. The van der Waals surface area contributed by atoms with E-state index >= 15 is 0 Å². The molecule has 0 unspecified atom stereocenters. The molecule has 1 nitrogen and oxygen atoms in total. The van der Waals surface area contributed by atoms with Gasteiger partial charge in [0.2, 0.25) is 0 Å². The third-order valence-corrected chi connectivity index (χ3v) is 3.95. The molecule has 0 amide bonds. The molecule has 98 valence electrons. The van der Waals surface area contributed by atoms with Crippen LogP contribution in [0, 0.1) is 13.8 Å². The molecule has 1 aliphatic rings. The molecule has 1 aromatic rings. The van der Waals surface area contributed by atoms with Crippen molar-refractivity contribution in [3.63, 3.8) is 0 Å². The molecule has 2 rings (SSSR count). The van der Waals surface area contributed by atoms with E-state index in [4.69, 9.17) is 0 Å². The van der Waals surface area contributed by atoms with E-state index in [1.54, 1.807) is 5.57 Å². The highest BCUT2D eigenvalue weighted by atomic mass is 14.8. The summed E-state index contributed by atoms with van der Waals surface area (Å²) in [7, 11) is 0. The molecule has 0 aromatic heterocycles. The molecule has 18 heavy (non-hydrogen) atoms. The maximum absolute atomic E-state index is 3.59. The Hall–Kier alpha value is -1.08. The first-order valence-corrected chi connectivity index (χ1v) is 7.21. The summed E-state index contributed by atoms with van der Waals surface area (Å²) in [5.74, 6) is 0. The van der Waals surface area contributed by atoms with Crippen LogP contribution >= 0.6 is 0 Å². The summed E-state index contributed by atoms with van der Waals surface area (Å²) in [5, 5.41) is 3.59. The van der Waals surface area contributed by atoms with E-state index < -0.39 is 0 Å². The first-order chi connectivity index (χ1) is 8.77. The highest BCUT2D eigenvalue weighted by Gasteiger charge is 2.04. The average molecular weight is 243 g/mol. The Balaban J connectivity index is 1.76. The van der Waals surface area contributed by atoms with Gasteiger partial charge in [0.15, 0.2) is 0 Å². The fourth-order valence-electron chi connectivity index (χ4n) is 2.72. The van der Waals surface area contributed by atoms with Gasteiger partial charge in [-0.3, -0.25) is 0 Å². The molecule has 0 aliphatic heterocycles. The Bertz CT molecular complexity index is 397. The second-order valence-electron chi connectivity index (χ2n) is 5.41. The largest absolute Gasteiger partial charge is 0.312 e. The quantitative estimate of drug-likeness (QED) is 0.601. The summed E-state index contributed by atoms with van der Waals surface area (Å²) in [4.78, 5) is 0. The lowest BCUT2D eigenvalue weighted by molar-refractivity contribution is 0.630. The van der Waals surface area contributed by atoms with Gasteiger partial charge in [-0.2, -0.15) is 0 Å². The molecule has 1 aromatic carbocycles. The molecule has 0 saturated carbocycles. The third-order valence-electron chi connectivity index (χ3n) is 3.95. The highest BCUT2D eigenvalue weighted by molar-refractivity contribution is 5.33.